The Morgan fingerprint density at radius 2 is 1.75 bits per heavy atom. The molecule has 0 bridgehead atoms. The number of sulfonamides is 1. The lowest BCUT2D eigenvalue weighted by atomic mass is 10.2. The number of anilines is 1. The van der Waals surface area contributed by atoms with E-state index in [1.54, 1.807) is 0 Å². The van der Waals surface area contributed by atoms with Crippen molar-refractivity contribution in [3.8, 4) is 5.75 Å². The molecular formula is C18H15ClF3NO4S. The standard InChI is InChI=1S/C18H15ClF3NO4S/c1-23(12-4-6-13(7-5-12)27-17(24)11-2-3-11)28(25,26)14-8-9-16(19)15(10-14)18(20,21)22/h4-11H,2-3H2,1H3. The Morgan fingerprint density at radius 3 is 2.29 bits per heavy atom. The van der Waals surface area contributed by atoms with E-state index in [1.165, 1.54) is 31.3 Å². The van der Waals surface area contributed by atoms with Crippen molar-refractivity contribution in [1.82, 2.24) is 0 Å². The Bertz CT molecular complexity index is 1000. The molecule has 0 N–H and O–H groups in total. The molecule has 150 valence electrons. The molecule has 28 heavy (non-hydrogen) atoms. The lowest BCUT2D eigenvalue weighted by Gasteiger charge is -2.20. The summed E-state index contributed by atoms with van der Waals surface area (Å²) in [7, 11) is -3.05. The third kappa shape index (κ3) is 4.25. The fourth-order valence-electron chi connectivity index (χ4n) is 2.42. The highest BCUT2D eigenvalue weighted by atomic mass is 35.5. The van der Waals surface area contributed by atoms with Crippen LogP contribution in [0.15, 0.2) is 47.4 Å². The minimum atomic E-state index is -4.78. The number of benzene rings is 2. The molecule has 1 aliphatic carbocycles. The SMILES string of the molecule is CN(c1ccc(OC(=O)C2CC2)cc1)S(=O)(=O)c1ccc(Cl)c(C(F)(F)F)c1. The van der Waals surface area contributed by atoms with E-state index in [0.29, 0.717) is 6.07 Å². The zero-order valence-corrected chi connectivity index (χ0v) is 16.1. The Morgan fingerprint density at radius 1 is 1.14 bits per heavy atom. The van der Waals surface area contributed by atoms with Crippen molar-refractivity contribution in [3.05, 3.63) is 53.1 Å². The van der Waals surface area contributed by atoms with E-state index in [0.717, 1.165) is 29.3 Å². The average Bonchev–Trinajstić information content (AvgIpc) is 3.46. The first kappa shape index (κ1) is 20.5. The molecule has 1 fully saturated rings. The first-order chi connectivity index (χ1) is 13.0. The fourth-order valence-corrected chi connectivity index (χ4v) is 3.87. The van der Waals surface area contributed by atoms with Gasteiger partial charge in [0.05, 0.1) is 27.1 Å². The van der Waals surface area contributed by atoms with Gasteiger partial charge in [-0.1, -0.05) is 11.6 Å². The summed E-state index contributed by atoms with van der Waals surface area (Å²) in [6.45, 7) is 0. The molecule has 10 heteroatoms. The van der Waals surface area contributed by atoms with Crippen molar-refractivity contribution in [3.63, 3.8) is 0 Å². The summed E-state index contributed by atoms with van der Waals surface area (Å²) in [4.78, 5) is 11.1. The molecule has 0 radical (unpaired) electrons. The van der Waals surface area contributed by atoms with E-state index in [9.17, 15) is 26.4 Å². The summed E-state index contributed by atoms with van der Waals surface area (Å²) in [5, 5.41) is -0.587. The third-order valence-corrected chi connectivity index (χ3v) is 6.34. The van der Waals surface area contributed by atoms with Crippen molar-refractivity contribution in [2.45, 2.75) is 23.9 Å². The summed E-state index contributed by atoms with van der Waals surface area (Å²) in [5.41, 5.74) is -1.04. The van der Waals surface area contributed by atoms with E-state index in [1.807, 2.05) is 0 Å². The van der Waals surface area contributed by atoms with Gasteiger partial charge in [0.1, 0.15) is 5.75 Å². The van der Waals surface area contributed by atoms with Crippen molar-refractivity contribution in [1.29, 1.82) is 0 Å². The number of alkyl halides is 3. The van der Waals surface area contributed by atoms with E-state index in [-0.39, 0.29) is 23.3 Å². The molecule has 0 amide bonds. The zero-order chi connectivity index (χ0) is 20.7. The second kappa shape index (κ2) is 7.29. The fraction of sp³-hybridized carbons (Fsp3) is 0.278. The van der Waals surface area contributed by atoms with Crippen LogP contribution < -0.4 is 9.04 Å². The van der Waals surface area contributed by atoms with E-state index in [4.69, 9.17) is 16.3 Å². The van der Waals surface area contributed by atoms with Crippen LogP contribution in [0, 0.1) is 5.92 Å². The van der Waals surface area contributed by atoms with Gasteiger partial charge in [-0.05, 0) is 55.3 Å². The summed E-state index contributed by atoms with van der Waals surface area (Å²) < 4.78 is 70.5. The smallest absolute Gasteiger partial charge is 0.417 e. The highest BCUT2D eigenvalue weighted by molar-refractivity contribution is 7.92. The predicted molar refractivity (Wildman–Crippen MR) is 96.8 cm³/mol. The lowest BCUT2D eigenvalue weighted by molar-refractivity contribution is -0.138. The van der Waals surface area contributed by atoms with Gasteiger partial charge < -0.3 is 4.74 Å². The van der Waals surface area contributed by atoms with E-state index >= 15 is 0 Å². The van der Waals surface area contributed by atoms with E-state index < -0.39 is 31.7 Å². The molecule has 0 spiro atoms. The zero-order valence-electron chi connectivity index (χ0n) is 14.5. The number of rotatable bonds is 5. The topological polar surface area (TPSA) is 63.7 Å². The molecule has 1 aliphatic rings. The summed E-state index contributed by atoms with van der Waals surface area (Å²) in [6.07, 6.45) is -3.20. The largest absolute Gasteiger partial charge is 0.426 e. The van der Waals surface area contributed by atoms with E-state index in [2.05, 4.69) is 0 Å². The second-order valence-corrected chi connectivity index (χ2v) is 8.68. The van der Waals surface area contributed by atoms with Gasteiger partial charge in [-0.25, -0.2) is 8.42 Å². The molecule has 1 saturated carbocycles. The molecule has 0 saturated heterocycles. The minimum Gasteiger partial charge on any atom is -0.426 e. The Kier molecular flexibility index (Phi) is 5.33. The maximum absolute atomic E-state index is 13.0. The number of halogens is 4. The summed E-state index contributed by atoms with van der Waals surface area (Å²) in [6, 6.07) is 8.04. The Hall–Kier alpha value is -2.26. The highest BCUT2D eigenvalue weighted by Crippen LogP contribution is 2.37. The van der Waals surface area contributed by atoms with Gasteiger partial charge in [0, 0.05) is 7.05 Å². The van der Waals surface area contributed by atoms with Crippen LogP contribution in [0.2, 0.25) is 5.02 Å². The molecule has 0 atom stereocenters. The van der Waals surface area contributed by atoms with Gasteiger partial charge in [-0.2, -0.15) is 13.2 Å². The van der Waals surface area contributed by atoms with Crippen LogP contribution in [0.3, 0.4) is 0 Å². The first-order valence-corrected chi connectivity index (χ1v) is 9.99. The molecule has 0 heterocycles. The molecule has 2 aromatic rings. The van der Waals surface area contributed by atoms with Gasteiger partial charge in [-0.15, -0.1) is 0 Å². The predicted octanol–water partition coefficient (Wildman–Crippen LogP) is 4.50. The van der Waals surface area contributed by atoms with Gasteiger partial charge in [-0.3, -0.25) is 9.10 Å². The number of carbonyl (C=O) groups excluding carboxylic acids is 1. The molecule has 5 nitrogen and oxygen atoms in total. The molecular weight excluding hydrogens is 419 g/mol. The van der Waals surface area contributed by atoms with Crippen molar-refractivity contribution in [2.24, 2.45) is 5.92 Å². The van der Waals surface area contributed by atoms with Crippen LogP contribution in [0.4, 0.5) is 18.9 Å². The van der Waals surface area contributed by atoms with Crippen molar-refractivity contribution < 1.29 is 31.1 Å². The maximum atomic E-state index is 13.0. The third-order valence-electron chi connectivity index (χ3n) is 4.23. The van der Waals surface area contributed by atoms with Crippen molar-refractivity contribution >= 4 is 33.3 Å². The maximum Gasteiger partial charge on any atom is 0.417 e. The molecule has 2 aromatic carbocycles. The molecule has 0 aromatic heterocycles. The van der Waals surface area contributed by atoms with Crippen LogP contribution in [-0.2, 0) is 21.0 Å². The average molecular weight is 434 g/mol. The van der Waals surface area contributed by atoms with Crippen LogP contribution in [-0.4, -0.2) is 21.4 Å². The molecule has 0 unspecified atom stereocenters. The monoisotopic (exact) mass is 433 g/mol. The normalized spacial score (nSPS) is 14.6. The van der Waals surface area contributed by atoms with Crippen molar-refractivity contribution in [2.75, 3.05) is 11.4 Å². The van der Waals surface area contributed by atoms with Gasteiger partial charge >= 0.3 is 12.1 Å². The highest BCUT2D eigenvalue weighted by Gasteiger charge is 2.35. The van der Waals surface area contributed by atoms with Gasteiger partial charge in [0.2, 0.25) is 0 Å². The summed E-state index contributed by atoms with van der Waals surface area (Å²) >= 11 is 5.54. The number of hydrogen-bond donors (Lipinski definition) is 0. The lowest BCUT2D eigenvalue weighted by Crippen LogP contribution is -2.27. The molecule has 0 aliphatic heterocycles. The Balaban J connectivity index is 1.84. The first-order valence-electron chi connectivity index (χ1n) is 8.17. The number of carbonyl (C=O) groups is 1. The Labute approximate surface area is 164 Å². The molecule has 3 rings (SSSR count). The van der Waals surface area contributed by atoms with Crippen LogP contribution in [0.25, 0.3) is 0 Å². The number of ether oxygens (including phenoxy) is 1. The summed E-state index contributed by atoms with van der Waals surface area (Å²) in [5.74, 6) is -0.165. The number of nitrogens with zero attached hydrogens (tertiary/aromatic N) is 1. The second-order valence-electron chi connectivity index (χ2n) is 6.30. The number of hydrogen-bond acceptors (Lipinski definition) is 4. The quantitative estimate of drug-likeness (QED) is 0.514. The minimum absolute atomic E-state index is 0.0875. The van der Waals surface area contributed by atoms with Crippen LogP contribution in [0.5, 0.6) is 5.75 Å². The van der Waals surface area contributed by atoms with Gasteiger partial charge in [0.25, 0.3) is 10.0 Å². The van der Waals surface area contributed by atoms with Crippen LogP contribution in [0.1, 0.15) is 18.4 Å². The van der Waals surface area contributed by atoms with Gasteiger partial charge in [0.15, 0.2) is 0 Å². The number of esters is 1. The van der Waals surface area contributed by atoms with Crippen LogP contribution >= 0.6 is 11.6 Å².